The smallest absolute Gasteiger partial charge is 0.336 e. The van der Waals surface area contributed by atoms with Gasteiger partial charge in [-0.1, -0.05) is 0 Å². The van der Waals surface area contributed by atoms with Crippen molar-refractivity contribution in [2.45, 2.75) is 6.92 Å². The zero-order valence-corrected chi connectivity index (χ0v) is 15.9. The molecule has 2 N–H and O–H groups in total. The summed E-state index contributed by atoms with van der Waals surface area (Å²) < 4.78 is 10.2. The van der Waals surface area contributed by atoms with E-state index in [-0.39, 0.29) is 11.3 Å². The lowest BCUT2D eigenvalue weighted by Crippen LogP contribution is -2.17. The number of nitro benzene ring substituents is 1. The van der Waals surface area contributed by atoms with Crippen LogP contribution in [0.4, 0.5) is 17.1 Å². The highest BCUT2D eigenvalue weighted by atomic mass is 16.6. The third-order valence-corrected chi connectivity index (χ3v) is 4.29. The molecule has 0 aliphatic rings. The van der Waals surface area contributed by atoms with Crippen LogP contribution in [0.3, 0.4) is 0 Å². The number of amides is 1. The fourth-order valence-electron chi connectivity index (χ4n) is 2.88. The number of hydrogen-bond donors (Lipinski definition) is 2. The predicted molar refractivity (Wildman–Crippen MR) is 109 cm³/mol. The minimum Gasteiger partial charge on any atom is -0.423 e. The van der Waals surface area contributed by atoms with Crippen LogP contribution in [-0.4, -0.2) is 31.1 Å². The number of fused-ring (bicyclic) bond motifs is 1. The Hall–Kier alpha value is -3.72. The van der Waals surface area contributed by atoms with Crippen LogP contribution in [-0.2, 0) is 4.74 Å². The van der Waals surface area contributed by atoms with Gasteiger partial charge in [-0.3, -0.25) is 14.9 Å². The van der Waals surface area contributed by atoms with E-state index in [0.29, 0.717) is 30.1 Å². The highest BCUT2D eigenvalue weighted by Gasteiger charge is 2.17. The van der Waals surface area contributed by atoms with Crippen molar-refractivity contribution in [1.82, 2.24) is 0 Å². The second kappa shape index (κ2) is 8.53. The van der Waals surface area contributed by atoms with Crippen molar-refractivity contribution in [2.75, 3.05) is 30.9 Å². The molecule has 0 saturated heterocycles. The standard InChI is InChI=1S/C20H19N3O6/c1-12-9-19(24)29-18-10-13(3-5-15(12)18)22-20(25)16-11-14(23(26)27)4-6-17(16)21-7-8-28-2/h3-6,9-11,21H,7-8H2,1-2H3,(H,22,25). The van der Waals surface area contributed by atoms with Crippen molar-refractivity contribution in [2.24, 2.45) is 0 Å². The van der Waals surface area contributed by atoms with E-state index in [1.807, 2.05) is 0 Å². The van der Waals surface area contributed by atoms with Crippen molar-refractivity contribution in [1.29, 1.82) is 0 Å². The van der Waals surface area contributed by atoms with Gasteiger partial charge in [-0.25, -0.2) is 4.79 Å². The van der Waals surface area contributed by atoms with Crippen LogP contribution < -0.4 is 16.3 Å². The van der Waals surface area contributed by atoms with Crippen LogP contribution >= 0.6 is 0 Å². The summed E-state index contributed by atoms with van der Waals surface area (Å²) in [6, 6.07) is 10.3. The SMILES string of the molecule is COCCNc1ccc([N+](=O)[O-])cc1C(=O)Nc1ccc2c(C)cc(=O)oc2c1. The van der Waals surface area contributed by atoms with Gasteiger partial charge < -0.3 is 19.8 Å². The molecule has 1 heterocycles. The first-order valence-corrected chi connectivity index (χ1v) is 8.76. The molecule has 0 atom stereocenters. The fraction of sp³-hybridized carbons (Fsp3) is 0.200. The number of rotatable bonds is 7. The van der Waals surface area contributed by atoms with Gasteiger partial charge in [0.25, 0.3) is 11.6 Å². The summed E-state index contributed by atoms with van der Waals surface area (Å²) in [6.45, 7) is 2.62. The number of methoxy groups -OCH3 is 1. The Morgan fingerprint density at radius 1 is 1.21 bits per heavy atom. The van der Waals surface area contributed by atoms with Crippen LogP contribution in [0.15, 0.2) is 51.7 Å². The second-order valence-electron chi connectivity index (χ2n) is 6.32. The van der Waals surface area contributed by atoms with Crippen LogP contribution in [0.25, 0.3) is 11.0 Å². The van der Waals surface area contributed by atoms with E-state index in [9.17, 15) is 19.7 Å². The van der Waals surface area contributed by atoms with E-state index in [1.54, 1.807) is 26.2 Å². The number of carbonyl (C=O) groups excluding carboxylic acids is 1. The average molecular weight is 397 g/mol. The predicted octanol–water partition coefficient (Wildman–Crippen LogP) is 3.32. The number of benzene rings is 2. The van der Waals surface area contributed by atoms with E-state index in [0.717, 1.165) is 10.9 Å². The van der Waals surface area contributed by atoms with Crippen LogP contribution in [0.2, 0.25) is 0 Å². The average Bonchev–Trinajstić information content (AvgIpc) is 2.67. The topological polar surface area (TPSA) is 124 Å². The number of ether oxygens (including phenoxy) is 1. The van der Waals surface area contributed by atoms with Crippen molar-refractivity contribution in [3.63, 3.8) is 0 Å². The summed E-state index contributed by atoms with van der Waals surface area (Å²) in [5, 5.41) is 17.6. The van der Waals surface area contributed by atoms with E-state index < -0.39 is 16.5 Å². The molecule has 150 valence electrons. The molecule has 0 saturated carbocycles. The Balaban J connectivity index is 1.92. The Morgan fingerprint density at radius 3 is 2.72 bits per heavy atom. The monoisotopic (exact) mass is 397 g/mol. The third-order valence-electron chi connectivity index (χ3n) is 4.29. The molecule has 0 unspecified atom stereocenters. The Bertz CT molecular complexity index is 1140. The summed E-state index contributed by atoms with van der Waals surface area (Å²) in [5.41, 5.74) is 1.36. The molecular formula is C20H19N3O6. The summed E-state index contributed by atoms with van der Waals surface area (Å²) in [6.07, 6.45) is 0. The number of anilines is 2. The molecule has 29 heavy (non-hydrogen) atoms. The number of non-ortho nitro benzene ring substituents is 1. The molecule has 3 aromatic rings. The van der Waals surface area contributed by atoms with Gasteiger partial charge in [-0.2, -0.15) is 0 Å². The molecule has 2 aromatic carbocycles. The molecule has 1 amide bonds. The summed E-state index contributed by atoms with van der Waals surface area (Å²) >= 11 is 0. The Labute approximate surface area is 165 Å². The van der Waals surface area contributed by atoms with Crippen LogP contribution in [0.5, 0.6) is 0 Å². The number of nitro groups is 1. The molecular weight excluding hydrogens is 378 g/mol. The van der Waals surface area contributed by atoms with Gasteiger partial charge in [-0.15, -0.1) is 0 Å². The molecule has 0 fully saturated rings. The van der Waals surface area contributed by atoms with Gasteiger partial charge in [0.15, 0.2) is 0 Å². The largest absolute Gasteiger partial charge is 0.423 e. The number of hydrogen-bond acceptors (Lipinski definition) is 7. The molecule has 3 rings (SSSR count). The van der Waals surface area contributed by atoms with E-state index in [1.165, 1.54) is 30.3 Å². The second-order valence-corrected chi connectivity index (χ2v) is 6.32. The van der Waals surface area contributed by atoms with Crippen molar-refractivity contribution in [3.05, 3.63) is 74.1 Å². The van der Waals surface area contributed by atoms with Gasteiger partial charge in [0.1, 0.15) is 5.58 Å². The van der Waals surface area contributed by atoms with Gasteiger partial charge in [0.2, 0.25) is 0 Å². The molecule has 0 aliphatic carbocycles. The zero-order valence-electron chi connectivity index (χ0n) is 15.9. The van der Waals surface area contributed by atoms with Gasteiger partial charge in [-0.05, 0) is 30.7 Å². The first-order valence-electron chi connectivity index (χ1n) is 8.76. The van der Waals surface area contributed by atoms with Crippen LogP contribution in [0, 0.1) is 17.0 Å². The molecule has 0 spiro atoms. The molecule has 0 bridgehead atoms. The first-order chi connectivity index (χ1) is 13.9. The lowest BCUT2D eigenvalue weighted by molar-refractivity contribution is -0.384. The minimum absolute atomic E-state index is 0.112. The molecule has 0 radical (unpaired) electrons. The van der Waals surface area contributed by atoms with Gasteiger partial charge in [0, 0.05) is 54.7 Å². The zero-order chi connectivity index (χ0) is 21.0. The quantitative estimate of drug-likeness (QED) is 0.271. The molecule has 0 aliphatic heterocycles. The lowest BCUT2D eigenvalue weighted by Gasteiger charge is -2.12. The van der Waals surface area contributed by atoms with Crippen molar-refractivity contribution < 1.29 is 18.9 Å². The Kier molecular flexibility index (Phi) is 5.89. The highest BCUT2D eigenvalue weighted by molar-refractivity contribution is 6.09. The van der Waals surface area contributed by atoms with E-state index in [2.05, 4.69) is 10.6 Å². The van der Waals surface area contributed by atoms with Crippen molar-refractivity contribution >= 4 is 33.9 Å². The first kappa shape index (κ1) is 20.0. The Morgan fingerprint density at radius 2 is 2.00 bits per heavy atom. The summed E-state index contributed by atoms with van der Waals surface area (Å²) in [5.74, 6) is -0.539. The number of aryl methyl sites for hydroxylation is 1. The minimum atomic E-state index is -0.566. The molecule has 9 nitrogen and oxygen atoms in total. The lowest BCUT2D eigenvalue weighted by atomic mass is 10.1. The van der Waals surface area contributed by atoms with Crippen molar-refractivity contribution in [3.8, 4) is 0 Å². The summed E-state index contributed by atoms with van der Waals surface area (Å²) in [4.78, 5) is 35.0. The maximum Gasteiger partial charge on any atom is 0.336 e. The van der Waals surface area contributed by atoms with Gasteiger partial charge in [0.05, 0.1) is 17.1 Å². The van der Waals surface area contributed by atoms with E-state index in [4.69, 9.17) is 9.15 Å². The summed E-state index contributed by atoms with van der Waals surface area (Å²) in [7, 11) is 1.55. The normalized spacial score (nSPS) is 10.7. The maximum absolute atomic E-state index is 12.8. The number of nitrogens with zero attached hydrogens (tertiary/aromatic N) is 1. The third kappa shape index (κ3) is 4.58. The van der Waals surface area contributed by atoms with E-state index >= 15 is 0 Å². The van der Waals surface area contributed by atoms with Gasteiger partial charge >= 0.3 is 5.63 Å². The number of carbonyl (C=O) groups is 1. The number of nitrogens with one attached hydrogen (secondary N) is 2. The maximum atomic E-state index is 12.8. The van der Waals surface area contributed by atoms with Crippen LogP contribution in [0.1, 0.15) is 15.9 Å². The molecule has 1 aromatic heterocycles. The highest BCUT2D eigenvalue weighted by Crippen LogP contribution is 2.25. The molecule has 9 heteroatoms. The fourth-order valence-corrected chi connectivity index (χ4v) is 2.88.